The zero-order chi connectivity index (χ0) is 14.0. The number of fused-ring (bicyclic) bond motifs is 1. The Morgan fingerprint density at radius 2 is 1.95 bits per heavy atom. The van der Waals surface area contributed by atoms with Gasteiger partial charge in [0.15, 0.2) is 0 Å². The van der Waals surface area contributed by atoms with Gasteiger partial charge in [0.1, 0.15) is 0 Å². The third-order valence-corrected chi connectivity index (χ3v) is 4.45. The van der Waals surface area contributed by atoms with Crippen LogP contribution in [0.15, 0.2) is 0 Å². The quantitative estimate of drug-likeness (QED) is 0.816. The fourth-order valence-corrected chi connectivity index (χ4v) is 3.61. The molecule has 0 radical (unpaired) electrons. The minimum atomic E-state index is -0.827. The summed E-state index contributed by atoms with van der Waals surface area (Å²) in [5.74, 6) is 0.906. The maximum Gasteiger partial charge on any atom is 0.239 e. The minimum absolute atomic E-state index is 0.0494. The van der Waals surface area contributed by atoms with Crippen LogP contribution in [-0.2, 0) is 4.79 Å². The van der Waals surface area contributed by atoms with Crippen molar-refractivity contribution in [2.75, 3.05) is 13.6 Å². The SMILES string of the molecule is CN(CC(C)(C)O)C(=O)C1CCC2CCCCC2N1. The average molecular weight is 268 g/mol. The molecule has 3 unspecified atom stereocenters. The van der Waals surface area contributed by atoms with Gasteiger partial charge in [0, 0.05) is 19.6 Å². The fourth-order valence-electron chi connectivity index (χ4n) is 3.61. The van der Waals surface area contributed by atoms with E-state index in [4.69, 9.17) is 0 Å². The lowest BCUT2D eigenvalue weighted by Gasteiger charge is -2.41. The number of carbonyl (C=O) groups is 1. The fraction of sp³-hybridized carbons (Fsp3) is 0.933. The molecule has 2 N–H and O–H groups in total. The molecule has 1 amide bonds. The molecule has 0 aromatic rings. The summed E-state index contributed by atoms with van der Waals surface area (Å²) < 4.78 is 0. The summed E-state index contributed by atoms with van der Waals surface area (Å²) in [5, 5.41) is 13.4. The Morgan fingerprint density at radius 1 is 1.26 bits per heavy atom. The molecule has 4 nitrogen and oxygen atoms in total. The van der Waals surface area contributed by atoms with Crippen LogP contribution in [0.2, 0.25) is 0 Å². The zero-order valence-corrected chi connectivity index (χ0v) is 12.5. The molecule has 1 aliphatic heterocycles. The molecular weight excluding hydrogens is 240 g/mol. The minimum Gasteiger partial charge on any atom is -0.389 e. The summed E-state index contributed by atoms with van der Waals surface area (Å²) in [6.45, 7) is 3.86. The lowest BCUT2D eigenvalue weighted by atomic mass is 9.77. The highest BCUT2D eigenvalue weighted by Crippen LogP contribution is 2.32. The number of hydrogen-bond acceptors (Lipinski definition) is 3. The van der Waals surface area contributed by atoms with Crippen LogP contribution in [0.25, 0.3) is 0 Å². The zero-order valence-electron chi connectivity index (χ0n) is 12.5. The summed E-state index contributed by atoms with van der Waals surface area (Å²) in [6.07, 6.45) is 7.27. The van der Waals surface area contributed by atoms with E-state index in [2.05, 4.69) is 5.32 Å². The molecule has 1 heterocycles. The number of carbonyl (C=O) groups excluding carboxylic acids is 1. The van der Waals surface area contributed by atoms with E-state index in [9.17, 15) is 9.90 Å². The number of amides is 1. The number of hydrogen-bond donors (Lipinski definition) is 2. The van der Waals surface area contributed by atoms with Gasteiger partial charge in [0.2, 0.25) is 5.91 Å². The van der Waals surface area contributed by atoms with Gasteiger partial charge in [-0.3, -0.25) is 4.79 Å². The van der Waals surface area contributed by atoms with E-state index < -0.39 is 5.60 Å². The molecule has 1 saturated heterocycles. The number of likely N-dealkylation sites (N-methyl/N-ethyl adjacent to an activating group) is 1. The standard InChI is InChI=1S/C15H28N2O2/c1-15(2,19)10-17(3)14(18)13-9-8-11-6-4-5-7-12(11)16-13/h11-13,16,19H,4-10H2,1-3H3. The van der Waals surface area contributed by atoms with Crippen LogP contribution in [0.4, 0.5) is 0 Å². The first-order valence-electron chi connectivity index (χ1n) is 7.60. The Kier molecular flexibility index (Phi) is 4.51. The molecule has 0 spiro atoms. The van der Waals surface area contributed by atoms with Crippen LogP contribution < -0.4 is 5.32 Å². The van der Waals surface area contributed by atoms with Crippen molar-refractivity contribution in [3.8, 4) is 0 Å². The highest BCUT2D eigenvalue weighted by atomic mass is 16.3. The van der Waals surface area contributed by atoms with Gasteiger partial charge < -0.3 is 15.3 Å². The molecule has 1 saturated carbocycles. The molecule has 2 fully saturated rings. The summed E-state index contributed by atoms with van der Waals surface area (Å²) in [6, 6.07) is 0.485. The van der Waals surface area contributed by atoms with Crippen molar-refractivity contribution >= 4 is 5.91 Å². The normalized spacial score (nSPS) is 31.7. The van der Waals surface area contributed by atoms with Gasteiger partial charge in [-0.2, -0.15) is 0 Å². The Morgan fingerprint density at radius 3 is 2.63 bits per heavy atom. The van der Waals surface area contributed by atoms with E-state index in [1.807, 2.05) is 0 Å². The molecule has 1 aliphatic carbocycles. The van der Waals surface area contributed by atoms with Gasteiger partial charge in [-0.15, -0.1) is 0 Å². The maximum absolute atomic E-state index is 12.4. The van der Waals surface area contributed by atoms with Crippen LogP contribution in [0, 0.1) is 5.92 Å². The lowest BCUT2D eigenvalue weighted by Crippen LogP contribution is -2.56. The molecule has 2 rings (SSSR count). The molecule has 0 bridgehead atoms. The topological polar surface area (TPSA) is 52.6 Å². The van der Waals surface area contributed by atoms with E-state index in [1.54, 1.807) is 25.8 Å². The average Bonchev–Trinajstić information content (AvgIpc) is 2.35. The Labute approximate surface area is 116 Å². The van der Waals surface area contributed by atoms with Crippen molar-refractivity contribution in [3.05, 3.63) is 0 Å². The number of rotatable bonds is 3. The van der Waals surface area contributed by atoms with Gasteiger partial charge in [-0.25, -0.2) is 0 Å². The summed E-state index contributed by atoms with van der Waals surface area (Å²) in [5.41, 5.74) is -0.827. The monoisotopic (exact) mass is 268 g/mol. The molecule has 0 aromatic carbocycles. The van der Waals surface area contributed by atoms with Crippen molar-refractivity contribution < 1.29 is 9.90 Å². The van der Waals surface area contributed by atoms with Crippen molar-refractivity contribution in [3.63, 3.8) is 0 Å². The number of piperidine rings is 1. The van der Waals surface area contributed by atoms with E-state index >= 15 is 0 Å². The highest BCUT2D eigenvalue weighted by molar-refractivity contribution is 5.81. The summed E-state index contributed by atoms with van der Waals surface area (Å²) >= 11 is 0. The van der Waals surface area contributed by atoms with Crippen LogP contribution >= 0.6 is 0 Å². The molecular formula is C15H28N2O2. The van der Waals surface area contributed by atoms with E-state index in [-0.39, 0.29) is 11.9 Å². The summed E-state index contributed by atoms with van der Waals surface area (Å²) in [7, 11) is 1.79. The first kappa shape index (κ1) is 14.8. The van der Waals surface area contributed by atoms with E-state index in [1.165, 1.54) is 32.1 Å². The molecule has 19 heavy (non-hydrogen) atoms. The van der Waals surface area contributed by atoms with Gasteiger partial charge >= 0.3 is 0 Å². The highest BCUT2D eigenvalue weighted by Gasteiger charge is 2.35. The van der Waals surface area contributed by atoms with Gasteiger partial charge in [0.25, 0.3) is 0 Å². The van der Waals surface area contributed by atoms with Gasteiger partial charge in [-0.1, -0.05) is 12.8 Å². The molecule has 110 valence electrons. The Hall–Kier alpha value is -0.610. The lowest BCUT2D eigenvalue weighted by molar-refractivity contribution is -0.136. The third kappa shape index (κ3) is 3.93. The number of nitrogens with zero attached hydrogens (tertiary/aromatic N) is 1. The third-order valence-electron chi connectivity index (χ3n) is 4.45. The second-order valence-electron chi connectivity index (χ2n) is 6.95. The van der Waals surface area contributed by atoms with Crippen LogP contribution in [0.5, 0.6) is 0 Å². The molecule has 0 aromatic heterocycles. The Bertz CT molecular complexity index is 325. The largest absolute Gasteiger partial charge is 0.389 e. The van der Waals surface area contributed by atoms with Crippen molar-refractivity contribution in [2.45, 2.75) is 70.1 Å². The predicted octanol–water partition coefficient (Wildman–Crippen LogP) is 1.53. The number of aliphatic hydroxyl groups is 1. The van der Waals surface area contributed by atoms with Gasteiger partial charge in [-0.05, 0) is 45.4 Å². The van der Waals surface area contributed by atoms with Crippen LogP contribution in [0.1, 0.15) is 52.4 Å². The van der Waals surface area contributed by atoms with Crippen molar-refractivity contribution in [2.24, 2.45) is 5.92 Å². The van der Waals surface area contributed by atoms with E-state index in [0.29, 0.717) is 12.6 Å². The molecule has 2 aliphatic rings. The van der Waals surface area contributed by atoms with E-state index in [0.717, 1.165) is 12.3 Å². The maximum atomic E-state index is 12.4. The second-order valence-corrected chi connectivity index (χ2v) is 6.95. The molecule has 3 atom stereocenters. The van der Waals surface area contributed by atoms with Crippen LogP contribution in [-0.4, -0.2) is 47.2 Å². The predicted molar refractivity (Wildman–Crippen MR) is 75.8 cm³/mol. The summed E-state index contributed by atoms with van der Waals surface area (Å²) in [4.78, 5) is 14.1. The Balaban J connectivity index is 1.89. The number of nitrogens with one attached hydrogen (secondary N) is 1. The molecule has 4 heteroatoms. The van der Waals surface area contributed by atoms with Crippen molar-refractivity contribution in [1.82, 2.24) is 10.2 Å². The second kappa shape index (κ2) is 5.80. The van der Waals surface area contributed by atoms with Crippen LogP contribution in [0.3, 0.4) is 0 Å². The first-order valence-corrected chi connectivity index (χ1v) is 7.60. The van der Waals surface area contributed by atoms with Crippen molar-refractivity contribution in [1.29, 1.82) is 0 Å². The first-order chi connectivity index (χ1) is 8.87. The smallest absolute Gasteiger partial charge is 0.239 e. The van der Waals surface area contributed by atoms with Gasteiger partial charge in [0.05, 0.1) is 11.6 Å².